The molecule has 5 nitrogen and oxygen atoms in total. The van der Waals surface area contributed by atoms with Gasteiger partial charge < -0.3 is 10.1 Å². The van der Waals surface area contributed by atoms with Crippen molar-refractivity contribution >= 4 is 15.8 Å². The molecule has 1 unspecified atom stereocenters. The summed E-state index contributed by atoms with van der Waals surface area (Å²) in [6.07, 6.45) is 0.766. The molecule has 2 N–H and O–H groups in total. The van der Waals surface area contributed by atoms with Crippen molar-refractivity contribution in [3.63, 3.8) is 0 Å². The van der Waals surface area contributed by atoms with Gasteiger partial charge in [-0.25, -0.2) is 0 Å². The van der Waals surface area contributed by atoms with Gasteiger partial charge in [0.15, 0.2) is 0 Å². The fourth-order valence-electron chi connectivity index (χ4n) is 2.05. The molecule has 1 aromatic rings. The van der Waals surface area contributed by atoms with Crippen LogP contribution in [-0.2, 0) is 16.5 Å². The first-order valence-electron chi connectivity index (χ1n) is 5.34. The van der Waals surface area contributed by atoms with Crippen molar-refractivity contribution in [2.75, 3.05) is 19.0 Å². The van der Waals surface area contributed by atoms with Gasteiger partial charge in [0.05, 0.1) is 12.8 Å². The van der Waals surface area contributed by atoms with Crippen molar-refractivity contribution in [1.29, 1.82) is 0 Å². The monoisotopic (exact) mass is 257 g/mol. The van der Waals surface area contributed by atoms with Crippen molar-refractivity contribution in [1.82, 2.24) is 0 Å². The lowest BCUT2D eigenvalue weighted by Crippen LogP contribution is -2.22. The van der Waals surface area contributed by atoms with E-state index in [4.69, 9.17) is 4.74 Å². The van der Waals surface area contributed by atoms with Gasteiger partial charge in [-0.3, -0.25) is 4.55 Å². The highest BCUT2D eigenvalue weighted by Gasteiger charge is 2.24. The van der Waals surface area contributed by atoms with Gasteiger partial charge in [-0.2, -0.15) is 8.42 Å². The quantitative estimate of drug-likeness (QED) is 0.786. The molecule has 1 aromatic carbocycles. The van der Waals surface area contributed by atoms with Crippen molar-refractivity contribution < 1.29 is 17.7 Å². The summed E-state index contributed by atoms with van der Waals surface area (Å²) in [4.78, 5) is -0.112. The van der Waals surface area contributed by atoms with Crippen LogP contribution in [0.4, 0.5) is 5.69 Å². The number of methoxy groups -OCH3 is 1. The average molecular weight is 257 g/mol. The second kappa shape index (κ2) is 4.19. The number of nitrogens with one attached hydrogen (secondary N) is 1. The molecule has 6 heteroatoms. The van der Waals surface area contributed by atoms with Crippen LogP contribution in [0.5, 0.6) is 5.75 Å². The van der Waals surface area contributed by atoms with E-state index in [9.17, 15) is 13.0 Å². The van der Waals surface area contributed by atoms with Gasteiger partial charge >= 0.3 is 0 Å². The molecule has 0 radical (unpaired) electrons. The highest BCUT2D eigenvalue weighted by atomic mass is 32.2. The summed E-state index contributed by atoms with van der Waals surface area (Å²) >= 11 is 0. The molecule has 1 aliphatic rings. The number of hydrogen-bond acceptors (Lipinski definition) is 4. The Balaban J connectivity index is 2.63. The lowest BCUT2D eigenvalue weighted by Gasteiger charge is -2.25. The van der Waals surface area contributed by atoms with Gasteiger partial charge in [0.1, 0.15) is 10.6 Å². The molecule has 0 bridgehead atoms. The van der Waals surface area contributed by atoms with E-state index in [1.54, 1.807) is 6.07 Å². The molecular weight excluding hydrogens is 242 g/mol. The van der Waals surface area contributed by atoms with E-state index in [0.29, 0.717) is 23.9 Å². The molecule has 0 saturated carbocycles. The van der Waals surface area contributed by atoms with Crippen molar-refractivity contribution in [2.45, 2.75) is 18.2 Å². The Morgan fingerprint density at radius 2 is 2.18 bits per heavy atom. The number of rotatable bonds is 2. The molecule has 94 valence electrons. The molecule has 1 heterocycles. The van der Waals surface area contributed by atoms with Gasteiger partial charge in [0, 0.05) is 12.6 Å². The number of fused-ring (bicyclic) bond motifs is 1. The third-order valence-corrected chi connectivity index (χ3v) is 3.74. The molecule has 0 saturated heterocycles. The molecule has 1 atom stereocenters. The van der Waals surface area contributed by atoms with Gasteiger partial charge in [-0.15, -0.1) is 0 Å². The van der Waals surface area contributed by atoms with E-state index in [-0.39, 0.29) is 4.90 Å². The fraction of sp³-hybridized carbons (Fsp3) is 0.455. The maximum Gasteiger partial charge on any atom is 0.296 e. The van der Waals surface area contributed by atoms with Crippen LogP contribution < -0.4 is 10.1 Å². The number of ether oxygens (including phenoxy) is 1. The van der Waals surface area contributed by atoms with Crippen LogP contribution in [0.2, 0.25) is 0 Å². The first-order valence-corrected chi connectivity index (χ1v) is 6.78. The van der Waals surface area contributed by atoms with Gasteiger partial charge in [-0.1, -0.05) is 6.92 Å². The van der Waals surface area contributed by atoms with Crippen LogP contribution in [0, 0.1) is 5.92 Å². The predicted molar refractivity (Wildman–Crippen MR) is 64.2 cm³/mol. The van der Waals surface area contributed by atoms with E-state index >= 15 is 0 Å². The summed E-state index contributed by atoms with van der Waals surface area (Å²) in [6.45, 7) is 2.77. The lowest BCUT2D eigenvalue weighted by molar-refractivity contribution is 0.411. The zero-order valence-electron chi connectivity index (χ0n) is 9.73. The Labute approximate surface area is 101 Å². The fourth-order valence-corrected chi connectivity index (χ4v) is 2.78. The molecule has 17 heavy (non-hydrogen) atoms. The second-order valence-corrected chi connectivity index (χ2v) is 5.71. The average Bonchev–Trinajstić information content (AvgIpc) is 2.25. The Hall–Kier alpha value is -1.27. The number of benzene rings is 1. The summed E-state index contributed by atoms with van der Waals surface area (Å²) in [7, 11) is -2.77. The maximum atomic E-state index is 11.3. The van der Waals surface area contributed by atoms with Crippen LogP contribution in [0.25, 0.3) is 0 Å². The largest absolute Gasteiger partial charge is 0.497 e. The molecule has 1 aliphatic heterocycles. The molecule has 0 fully saturated rings. The first kappa shape index (κ1) is 12.2. The molecule has 0 amide bonds. The number of anilines is 1. The standard InChI is InChI=1S/C11H15NO4S/c1-7-3-8-4-9(16-2)5-10(17(13,14)15)11(8)12-6-7/h4-5,7,12H,3,6H2,1-2H3,(H,13,14,15). The Morgan fingerprint density at radius 3 is 2.76 bits per heavy atom. The first-order chi connectivity index (χ1) is 7.91. The molecule has 0 aromatic heterocycles. The summed E-state index contributed by atoms with van der Waals surface area (Å²) < 4.78 is 36.9. The van der Waals surface area contributed by atoms with E-state index in [0.717, 1.165) is 12.0 Å². The Morgan fingerprint density at radius 1 is 1.47 bits per heavy atom. The molecule has 0 aliphatic carbocycles. The Kier molecular flexibility index (Phi) is 3.01. The van der Waals surface area contributed by atoms with E-state index in [2.05, 4.69) is 12.2 Å². The minimum Gasteiger partial charge on any atom is -0.497 e. The van der Waals surface area contributed by atoms with Crippen molar-refractivity contribution in [2.24, 2.45) is 5.92 Å². The molecule has 2 rings (SSSR count). The predicted octanol–water partition coefficient (Wildman–Crippen LogP) is 1.55. The minimum absolute atomic E-state index is 0.112. The van der Waals surface area contributed by atoms with Crippen LogP contribution in [0.15, 0.2) is 17.0 Å². The van der Waals surface area contributed by atoms with E-state index in [1.807, 2.05) is 0 Å². The van der Waals surface area contributed by atoms with Gasteiger partial charge in [-0.05, 0) is 24.0 Å². The minimum atomic E-state index is -4.24. The van der Waals surface area contributed by atoms with Crippen LogP contribution in [0.3, 0.4) is 0 Å². The zero-order valence-corrected chi connectivity index (χ0v) is 10.5. The van der Waals surface area contributed by atoms with E-state index in [1.165, 1.54) is 13.2 Å². The summed E-state index contributed by atoms with van der Waals surface area (Å²) in [5.41, 5.74) is 1.35. The van der Waals surface area contributed by atoms with Crippen molar-refractivity contribution in [3.05, 3.63) is 17.7 Å². The highest BCUT2D eigenvalue weighted by molar-refractivity contribution is 7.86. The van der Waals surface area contributed by atoms with Crippen LogP contribution in [0.1, 0.15) is 12.5 Å². The third-order valence-electron chi connectivity index (χ3n) is 2.87. The topological polar surface area (TPSA) is 75.6 Å². The van der Waals surface area contributed by atoms with Gasteiger partial charge in [0.2, 0.25) is 0 Å². The summed E-state index contributed by atoms with van der Waals surface area (Å²) in [5.74, 6) is 0.858. The van der Waals surface area contributed by atoms with E-state index < -0.39 is 10.1 Å². The lowest BCUT2D eigenvalue weighted by atomic mass is 9.95. The van der Waals surface area contributed by atoms with Crippen LogP contribution in [-0.4, -0.2) is 26.6 Å². The highest BCUT2D eigenvalue weighted by Crippen LogP contribution is 2.34. The molecule has 0 spiro atoms. The smallest absolute Gasteiger partial charge is 0.296 e. The van der Waals surface area contributed by atoms with Gasteiger partial charge in [0.25, 0.3) is 10.1 Å². The zero-order chi connectivity index (χ0) is 12.6. The Bertz CT molecular complexity index is 539. The van der Waals surface area contributed by atoms with Crippen molar-refractivity contribution in [3.8, 4) is 5.75 Å². The normalized spacial score (nSPS) is 19.4. The number of hydrogen-bond donors (Lipinski definition) is 2. The third kappa shape index (κ3) is 2.37. The summed E-state index contributed by atoms with van der Waals surface area (Å²) in [5, 5.41) is 3.04. The SMILES string of the molecule is COc1cc2c(c(S(=O)(=O)O)c1)NCC(C)C2. The second-order valence-electron chi connectivity index (χ2n) is 4.32. The van der Waals surface area contributed by atoms with Crippen LogP contribution >= 0.6 is 0 Å². The summed E-state index contributed by atoms with van der Waals surface area (Å²) in [6, 6.07) is 3.13. The maximum absolute atomic E-state index is 11.3. The molecular formula is C11H15NO4S.